The third-order valence-corrected chi connectivity index (χ3v) is 8.88. The quantitative estimate of drug-likeness (QED) is 0.263. The normalized spacial score (nSPS) is 21.6. The summed E-state index contributed by atoms with van der Waals surface area (Å²) in [4.78, 5) is 21.1. The van der Waals surface area contributed by atoms with Crippen LogP contribution < -0.4 is 16.1 Å². The van der Waals surface area contributed by atoms with Gasteiger partial charge in [0.05, 0.1) is 0 Å². The number of hydrogen-bond acceptors (Lipinski definition) is 7. The van der Waals surface area contributed by atoms with Crippen LogP contribution in [0.3, 0.4) is 0 Å². The Bertz CT molecular complexity index is 1100. The molecule has 0 bridgehead atoms. The van der Waals surface area contributed by atoms with Gasteiger partial charge in [0.2, 0.25) is 5.82 Å². The minimum Gasteiger partial charge on any atom is -0.475 e. The predicted octanol–water partition coefficient (Wildman–Crippen LogP) is 6.33. The van der Waals surface area contributed by atoms with Crippen molar-refractivity contribution >= 4 is 23.3 Å². The lowest BCUT2D eigenvalue weighted by Gasteiger charge is -2.37. The summed E-state index contributed by atoms with van der Waals surface area (Å²) >= 11 is 0. The second-order valence-electron chi connectivity index (χ2n) is 11.7. The molecule has 1 aromatic heterocycles. The van der Waals surface area contributed by atoms with Crippen LogP contribution in [0.25, 0.3) is 0 Å². The highest BCUT2D eigenvalue weighted by Gasteiger charge is 2.29. The van der Waals surface area contributed by atoms with Gasteiger partial charge < -0.3 is 21.2 Å². The zero-order valence-corrected chi connectivity index (χ0v) is 23.1. The maximum absolute atomic E-state index is 13.5. The van der Waals surface area contributed by atoms with Crippen LogP contribution in [0.1, 0.15) is 93.7 Å². The van der Waals surface area contributed by atoms with E-state index in [4.69, 9.17) is 0 Å². The molecular formula is C30H43FN6O2. The molecule has 1 unspecified atom stereocenters. The van der Waals surface area contributed by atoms with Crippen molar-refractivity contribution < 1.29 is 14.3 Å². The van der Waals surface area contributed by atoms with Gasteiger partial charge >= 0.3 is 5.97 Å². The fourth-order valence-electron chi connectivity index (χ4n) is 6.21. The summed E-state index contributed by atoms with van der Waals surface area (Å²) in [6.07, 6.45) is 13.8. The van der Waals surface area contributed by atoms with Crippen molar-refractivity contribution in [3.8, 4) is 0 Å². The van der Waals surface area contributed by atoms with Gasteiger partial charge in [-0.25, -0.2) is 24.2 Å². The van der Waals surface area contributed by atoms with Gasteiger partial charge in [0.25, 0.3) is 0 Å². The molecule has 1 saturated heterocycles. The minimum absolute atomic E-state index is 0.184. The van der Waals surface area contributed by atoms with E-state index < -0.39 is 5.97 Å². The third-order valence-electron chi connectivity index (χ3n) is 8.88. The molecule has 39 heavy (non-hydrogen) atoms. The number of aromatic carboxylic acids is 1. The summed E-state index contributed by atoms with van der Waals surface area (Å²) < 4.78 is 13.5. The Morgan fingerprint density at radius 1 is 1.00 bits per heavy atom. The van der Waals surface area contributed by atoms with Crippen molar-refractivity contribution in [3.63, 3.8) is 0 Å². The van der Waals surface area contributed by atoms with Crippen molar-refractivity contribution in [2.24, 2.45) is 11.8 Å². The Kier molecular flexibility index (Phi) is 9.17. The molecule has 212 valence electrons. The van der Waals surface area contributed by atoms with Crippen molar-refractivity contribution in [2.45, 2.75) is 96.1 Å². The lowest BCUT2D eigenvalue weighted by Crippen LogP contribution is -2.45. The summed E-state index contributed by atoms with van der Waals surface area (Å²) in [7, 11) is 0. The van der Waals surface area contributed by atoms with Crippen molar-refractivity contribution in [3.05, 3.63) is 41.5 Å². The summed E-state index contributed by atoms with van der Waals surface area (Å²) in [6.45, 7) is 3.80. The molecule has 2 heterocycles. The van der Waals surface area contributed by atoms with Gasteiger partial charge in [0, 0.05) is 25.2 Å². The standard InChI is InChI=1S/C30H43FN6O2/c1-20(23-10-7-11-23)33-27-26(32-19-22-8-3-2-4-9-22)28(35-29(34-27)30(38)39)36-37-17-6-5-12-25(37)18-21-13-15-24(31)16-14-21/h13-16,20,22-23,25,32H,2-12,17-19H2,1H3,(H,38,39)(H2,33,34,35,36)/t20-,25?/m1/s1. The number of nitrogens with one attached hydrogen (secondary N) is 3. The van der Waals surface area contributed by atoms with E-state index in [2.05, 4.69) is 38.0 Å². The van der Waals surface area contributed by atoms with Gasteiger partial charge in [0.15, 0.2) is 11.6 Å². The van der Waals surface area contributed by atoms with Crippen LogP contribution in [0.5, 0.6) is 0 Å². The van der Waals surface area contributed by atoms with E-state index in [1.165, 1.54) is 63.5 Å². The smallest absolute Gasteiger partial charge is 0.374 e. The number of nitrogens with zero attached hydrogens (tertiary/aromatic N) is 3. The molecule has 3 aliphatic rings. The molecule has 9 heteroatoms. The highest BCUT2D eigenvalue weighted by Crippen LogP contribution is 2.36. The molecule has 1 aromatic carbocycles. The largest absolute Gasteiger partial charge is 0.475 e. The fraction of sp³-hybridized carbons (Fsp3) is 0.633. The van der Waals surface area contributed by atoms with Crippen molar-refractivity contribution in [1.82, 2.24) is 15.0 Å². The molecule has 2 aromatic rings. The Morgan fingerprint density at radius 3 is 2.41 bits per heavy atom. The zero-order valence-electron chi connectivity index (χ0n) is 23.1. The maximum Gasteiger partial charge on any atom is 0.374 e. The second-order valence-corrected chi connectivity index (χ2v) is 11.7. The summed E-state index contributed by atoms with van der Waals surface area (Å²) in [5.41, 5.74) is 5.36. The number of carbonyl (C=O) groups is 1. The highest BCUT2D eigenvalue weighted by atomic mass is 19.1. The number of rotatable bonds is 11. The lowest BCUT2D eigenvalue weighted by atomic mass is 9.80. The number of anilines is 3. The molecule has 3 fully saturated rings. The highest BCUT2D eigenvalue weighted by molar-refractivity contribution is 5.87. The number of aromatic nitrogens is 2. The molecule has 2 saturated carbocycles. The monoisotopic (exact) mass is 538 g/mol. The van der Waals surface area contributed by atoms with Gasteiger partial charge in [-0.1, -0.05) is 44.2 Å². The summed E-state index contributed by atoms with van der Waals surface area (Å²) in [5.74, 6) is 0.639. The molecular weight excluding hydrogens is 495 g/mol. The molecule has 1 aliphatic heterocycles. The maximum atomic E-state index is 13.5. The van der Waals surface area contributed by atoms with Crippen molar-refractivity contribution in [2.75, 3.05) is 29.1 Å². The number of hydrogen-bond donors (Lipinski definition) is 4. The summed E-state index contributed by atoms with van der Waals surface area (Å²) in [5, 5.41) is 19.3. The van der Waals surface area contributed by atoms with Crippen LogP contribution in [-0.2, 0) is 6.42 Å². The zero-order chi connectivity index (χ0) is 27.2. The SMILES string of the molecule is C[C@@H](Nc1nc(C(=O)O)nc(NN2CCCCC2Cc2ccc(F)cc2)c1NCC1CCCCC1)C1CCC1. The predicted molar refractivity (Wildman–Crippen MR) is 153 cm³/mol. The van der Waals surface area contributed by atoms with Crippen LogP contribution in [0.2, 0.25) is 0 Å². The summed E-state index contributed by atoms with van der Waals surface area (Å²) in [6, 6.07) is 7.08. The van der Waals surface area contributed by atoms with Gasteiger partial charge in [-0.15, -0.1) is 0 Å². The number of carboxylic acid groups (broad SMARTS) is 1. The average Bonchev–Trinajstić information content (AvgIpc) is 2.90. The molecule has 8 nitrogen and oxygen atoms in total. The molecule has 0 spiro atoms. The van der Waals surface area contributed by atoms with E-state index in [1.807, 2.05) is 12.1 Å². The number of piperidine rings is 1. The van der Waals surface area contributed by atoms with E-state index >= 15 is 0 Å². The Morgan fingerprint density at radius 2 is 1.72 bits per heavy atom. The Labute approximate surface area is 231 Å². The average molecular weight is 539 g/mol. The number of hydrazine groups is 1. The first kappa shape index (κ1) is 27.6. The van der Waals surface area contributed by atoms with Crippen molar-refractivity contribution in [1.29, 1.82) is 0 Å². The van der Waals surface area contributed by atoms with Crippen LogP contribution >= 0.6 is 0 Å². The van der Waals surface area contributed by atoms with E-state index in [1.54, 1.807) is 0 Å². The molecule has 2 atom stereocenters. The van der Waals surface area contributed by atoms with Crippen LogP contribution in [0.15, 0.2) is 24.3 Å². The third kappa shape index (κ3) is 7.18. The first-order valence-corrected chi connectivity index (χ1v) is 14.9. The fourth-order valence-corrected chi connectivity index (χ4v) is 6.21. The van der Waals surface area contributed by atoms with Gasteiger partial charge in [-0.05, 0) is 81.4 Å². The Balaban J connectivity index is 1.42. The van der Waals surface area contributed by atoms with Crippen LogP contribution in [0.4, 0.5) is 21.7 Å². The van der Waals surface area contributed by atoms with Gasteiger partial charge in [-0.2, -0.15) is 0 Å². The van der Waals surface area contributed by atoms with Gasteiger partial charge in [-0.3, -0.25) is 0 Å². The van der Waals surface area contributed by atoms with Gasteiger partial charge in [0.1, 0.15) is 11.5 Å². The van der Waals surface area contributed by atoms with E-state index in [9.17, 15) is 14.3 Å². The number of halogens is 1. The Hall–Kier alpha value is -2.94. The number of carboxylic acids is 1. The number of benzene rings is 1. The molecule has 4 N–H and O–H groups in total. The van der Waals surface area contributed by atoms with Crippen LogP contribution in [-0.4, -0.2) is 51.2 Å². The van der Waals surface area contributed by atoms with Crippen LogP contribution in [0, 0.1) is 17.7 Å². The van der Waals surface area contributed by atoms with E-state index in [0.29, 0.717) is 23.5 Å². The van der Waals surface area contributed by atoms with E-state index in [0.717, 1.165) is 50.0 Å². The molecule has 2 aliphatic carbocycles. The first-order chi connectivity index (χ1) is 19.0. The lowest BCUT2D eigenvalue weighted by molar-refractivity contribution is 0.0683. The van der Waals surface area contributed by atoms with E-state index in [-0.39, 0.29) is 23.7 Å². The topological polar surface area (TPSA) is 102 Å². The molecule has 0 amide bonds. The minimum atomic E-state index is -1.14. The first-order valence-electron chi connectivity index (χ1n) is 14.9. The molecule has 5 rings (SSSR count). The second kappa shape index (κ2) is 12.9. The molecule has 0 radical (unpaired) electrons.